The van der Waals surface area contributed by atoms with E-state index in [1.807, 2.05) is 11.8 Å². The van der Waals surface area contributed by atoms with E-state index in [-0.39, 0.29) is 0 Å². The summed E-state index contributed by atoms with van der Waals surface area (Å²) in [6, 6.07) is 0. The van der Waals surface area contributed by atoms with Crippen LogP contribution in [0.5, 0.6) is 0 Å². The smallest absolute Gasteiger partial charge is 0.256 e. The van der Waals surface area contributed by atoms with Crippen LogP contribution in [0.15, 0.2) is 12.2 Å². The Labute approximate surface area is 56.3 Å². The number of nitrogens with one attached hydrogen (secondary N) is 1. The summed E-state index contributed by atoms with van der Waals surface area (Å²) >= 11 is -2.08. The minimum absolute atomic E-state index is 0.294. The van der Waals surface area contributed by atoms with Crippen molar-refractivity contribution in [1.82, 2.24) is 4.89 Å². The summed E-state index contributed by atoms with van der Waals surface area (Å²) in [5.41, 5.74) is 0. The highest BCUT2D eigenvalue weighted by atomic mass is 32.2. The molecule has 0 amide bonds. The lowest BCUT2D eigenvalue weighted by atomic mass is 10.6. The maximum absolute atomic E-state index is 9.81. The Morgan fingerprint density at radius 2 is 2.56 bits per heavy atom. The van der Waals surface area contributed by atoms with Crippen LogP contribution in [0.2, 0.25) is 0 Å². The van der Waals surface area contributed by atoms with Crippen molar-refractivity contribution in [3.63, 3.8) is 0 Å². The van der Waals surface area contributed by atoms with Crippen LogP contribution in [0.3, 0.4) is 0 Å². The minimum atomic E-state index is -2.08. The SMILES string of the molecule is CC=CCONS(=O)O. The van der Waals surface area contributed by atoms with Gasteiger partial charge in [-0.15, -0.1) is 0 Å². The lowest BCUT2D eigenvalue weighted by Gasteiger charge is -1.94. The molecule has 0 aromatic heterocycles. The van der Waals surface area contributed by atoms with E-state index >= 15 is 0 Å². The van der Waals surface area contributed by atoms with Gasteiger partial charge in [0.25, 0.3) is 11.3 Å². The lowest BCUT2D eigenvalue weighted by molar-refractivity contribution is 0.118. The Morgan fingerprint density at radius 3 is 3.00 bits per heavy atom. The van der Waals surface area contributed by atoms with Crippen LogP contribution >= 0.6 is 0 Å². The molecule has 0 aromatic carbocycles. The molecule has 2 N–H and O–H groups in total. The third-order valence-electron chi connectivity index (χ3n) is 0.545. The van der Waals surface area contributed by atoms with E-state index < -0.39 is 11.3 Å². The molecular formula is C4H9NO3S. The number of allylic oxidation sites excluding steroid dienone is 1. The third-order valence-corrected chi connectivity index (χ3v) is 0.806. The highest BCUT2D eigenvalue weighted by molar-refractivity contribution is 7.76. The van der Waals surface area contributed by atoms with E-state index in [2.05, 4.69) is 4.84 Å². The molecular weight excluding hydrogens is 142 g/mol. The summed E-state index contributed by atoms with van der Waals surface area (Å²) in [7, 11) is 0. The first-order valence-electron chi connectivity index (χ1n) is 2.37. The molecule has 0 rings (SSSR count). The molecule has 9 heavy (non-hydrogen) atoms. The average Bonchev–Trinajstić information content (AvgIpc) is 1.80. The molecule has 1 unspecified atom stereocenters. The fourth-order valence-corrected chi connectivity index (χ4v) is 0.398. The standard InChI is InChI=1S/C4H9NO3S/c1-2-3-4-8-5-9(6)7/h2-3,5H,4H2,1H3,(H,6,7). The fourth-order valence-electron chi connectivity index (χ4n) is 0.229. The quantitative estimate of drug-likeness (QED) is 0.261. The van der Waals surface area contributed by atoms with Gasteiger partial charge in [0.1, 0.15) is 0 Å². The van der Waals surface area contributed by atoms with E-state index in [0.717, 1.165) is 0 Å². The Bertz CT molecular complexity index is 114. The molecule has 5 heteroatoms. The topological polar surface area (TPSA) is 58.6 Å². The molecule has 0 aromatic rings. The van der Waals surface area contributed by atoms with E-state index in [0.29, 0.717) is 6.61 Å². The van der Waals surface area contributed by atoms with Crippen molar-refractivity contribution in [2.24, 2.45) is 0 Å². The fraction of sp³-hybridized carbons (Fsp3) is 0.500. The Balaban J connectivity index is 3.01. The summed E-state index contributed by atoms with van der Waals surface area (Å²) in [6.07, 6.45) is 3.49. The zero-order valence-electron chi connectivity index (χ0n) is 5.03. The number of hydrogen-bond donors (Lipinski definition) is 2. The van der Waals surface area contributed by atoms with E-state index in [4.69, 9.17) is 4.55 Å². The molecule has 0 saturated carbocycles. The molecule has 1 atom stereocenters. The van der Waals surface area contributed by atoms with Crippen LogP contribution in [0.1, 0.15) is 6.92 Å². The second kappa shape index (κ2) is 5.90. The molecule has 0 aliphatic heterocycles. The Kier molecular flexibility index (Phi) is 5.75. The van der Waals surface area contributed by atoms with Crippen LogP contribution in [-0.4, -0.2) is 15.4 Å². The molecule has 0 aliphatic carbocycles. The number of hydrogen-bond acceptors (Lipinski definition) is 2. The predicted molar refractivity (Wildman–Crippen MR) is 34.7 cm³/mol. The average molecular weight is 151 g/mol. The molecule has 0 heterocycles. The van der Waals surface area contributed by atoms with Crippen LogP contribution < -0.4 is 4.89 Å². The van der Waals surface area contributed by atoms with Crippen molar-refractivity contribution in [3.05, 3.63) is 12.2 Å². The van der Waals surface area contributed by atoms with Crippen LogP contribution in [0.4, 0.5) is 0 Å². The Hall–Kier alpha value is -0.230. The van der Waals surface area contributed by atoms with Gasteiger partial charge in [-0.25, -0.2) is 4.21 Å². The van der Waals surface area contributed by atoms with Crippen molar-refractivity contribution < 1.29 is 13.6 Å². The maximum atomic E-state index is 9.81. The molecule has 54 valence electrons. The second-order valence-electron chi connectivity index (χ2n) is 1.21. The first-order valence-corrected chi connectivity index (χ1v) is 3.47. The summed E-state index contributed by atoms with van der Waals surface area (Å²) in [5, 5.41) is 0. The maximum Gasteiger partial charge on any atom is 0.256 e. The van der Waals surface area contributed by atoms with Crippen molar-refractivity contribution in [1.29, 1.82) is 0 Å². The largest absolute Gasteiger partial charge is 0.292 e. The first kappa shape index (κ1) is 8.77. The van der Waals surface area contributed by atoms with E-state index in [1.165, 1.54) is 0 Å². The highest BCUT2D eigenvalue weighted by Gasteiger charge is 1.85. The molecule has 0 fully saturated rings. The lowest BCUT2D eigenvalue weighted by Crippen LogP contribution is -2.16. The van der Waals surface area contributed by atoms with Crippen LogP contribution in [-0.2, 0) is 16.1 Å². The van der Waals surface area contributed by atoms with Gasteiger partial charge in [-0.1, -0.05) is 17.0 Å². The van der Waals surface area contributed by atoms with Crippen molar-refractivity contribution in [3.8, 4) is 0 Å². The summed E-state index contributed by atoms with van der Waals surface area (Å²) < 4.78 is 17.9. The monoisotopic (exact) mass is 151 g/mol. The molecule has 0 spiro atoms. The molecule has 0 bridgehead atoms. The molecule has 0 aliphatic rings. The predicted octanol–water partition coefficient (Wildman–Crippen LogP) is 0.220. The first-order chi connectivity index (χ1) is 4.27. The third kappa shape index (κ3) is 7.77. The normalized spacial score (nSPS) is 14.4. The highest BCUT2D eigenvalue weighted by Crippen LogP contribution is 1.72. The van der Waals surface area contributed by atoms with Gasteiger partial charge in [0.2, 0.25) is 0 Å². The van der Waals surface area contributed by atoms with E-state index in [9.17, 15) is 4.21 Å². The van der Waals surface area contributed by atoms with Gasteiger partial charge in [0.15, 0.2) is 0 Å². The van der Waals surface area contributed by atoms with Crippen LogP contribution in [0.25, 0.3) is 0 Å². The van der Waals surface area contributed by atoms with Crippen molar-refractivity contribution >= 4 is 11.3 Å². The van der Waals surface area contributed by atoms with Crippen molar-refractivity contribution in [2.75, 3.05) is 6.61 Å². The zero-order chi connectivity index (χ0) is 7.11. The minimum Gasteiger partial charge on any atom is -0.292 e. The van der Waals surface area contributed by atoms with Gasteiger partial charge in [-0.05, 0) is 6.92 Å². The zero-order valence-corrected chi connectivity index (χ0v) is 5.85. The Morgan fingerprint density at radius 1 is 1.89 bits per heavy atom. The van der Waals surface area contributed by atoms with Gasteiger partial charge < -0.3 is 0 Å². The van der Waals surface area contributed by atoms with Gasteiger partial charge in [0, 0.05) is 0 Å². The molecule has 0 saturated heterocycles. The molecule has 0 radical (unpaired) electrons. The van der Waals surface area contributed by atoms with Gasteiger partial charge in [-0.2, -0.15) is 0 Å². The van der Waals surface area contributed by atoms with E-state index in [1.54, 1.807) is 12.2 Å². The van der Waals surface area contributed by atoms with Crippen molar-refractivity contribution in [2.45, 2.75) is 6.92 Å². The van der Waals surface area contributed by atoms with Gasteiger partial charge in [-0.3, -0.25) is 9.39 Å². The molecule has 4 nitrogen and oxygen atoms in total. The summed E-state index contributed by atoms with van der Waals surface area (Å²) in [5.74, 6) is 0. The summed E-state index contributed by atoms with van der Waals surface area (Å²) in [6.45, 7) is 2.13. The van der Waals surface area contributed by atoms with Gasteiger partial charge in [0.05, 0.1) is 6.61 Å². The second-order valence-corrected chi connectivity index (χ2v) is 1.88. The number of rotatable bonds is 4. The van der Waals surface area contributed by atoms with Gasteiger partial charge >= 0.3 is 0 Å². The van der Waals surface area contributed by atoms with Crippen LogP contribution in [0, 0.1) is 0 Å². The summed E-state index contributed by atoms with van der Waals surface area (Å²) in [4.78, 5) is 6.31.